The topological polar surface area (TPSA) is 4.93 Å². The first-order chi connectivity index (χ1) is 21.3. The van der Waals surface area contributed by atoms with Gasteiger partial charge in [0.1, 0.15) is 0 Å². The van der Waals surface area contributed by atoms with Crippen LogP contribution < -0.4 is 0 Å². The molecule has 1 nitrogen and oxygen atoms in total. The fraction of sp³-hybridized carbons (Fsp3) is 0. The van der Waals surface area contributed by atoms with E-state index in [4.69, 9.17) is 0 Å². The molecule has 0 bridgehead atoms. The Kier molecular flexibility index (Phi) is 5.27. The lowest BCUT2D eigenvalue weighted by Gasteiger charge is -2.12. The molecule has 0 saturated heterocycles. The Morgan fingerprint density at radius 3 is 1.63 bits per heavy atom. The summed E-state index contributed by atoms with van der Waals surface area (Å²) in [5, 5.41) is 10.2. The van der Waals surface area contributed by atoms with Crippen LogP contribution >= 0.6 is 0 Å². The van der Waals surface area contributed by atoms with Crippen molar-refractivity contribution in [3.8, 4) is 27.9 Å². The summed E-state index contributed by atoms with van der Waals surface area (Å²) in [6, 6.07) is 59.8. The van der Waals surface area contributed by atoms with Crippen molar-refractivity contribution >= 4 is 54.1 Å². The van der Waals surface area contributed by atoms with Gasteiger partial charge in [0.05, 0.1) is 16.7 Å². The highest BCUT2D eigenvalue weighted by atomic mass is 15.0. The number of hydrogen-bond donors (Lipinski definition) is 0. The van der Waals surface area contributed by atoms with E-state index in [1.54, 1.807) is 0 Å². The van der Waals surface area contributed by atoms with E-state index in [0.717, 1.165) is 0 Å². The minimum Gasteiger partial charge on any atom is -0.309 e. The summed E-state index contributed by atoms with van der Waals surface area (Å²) in [5.41, 5.74) is 8.58. The maximum absolute atomic E-state index is 2.42. The maximum Gasteiger partial charge on any atom is 0.0541 e. The molecule has 1 heteroatoms. The number of benzene rings is 8. The largest absolute Gasteiger partial charge is 0.309 e. The van der Waals surface area contributed by atoms with Crippen LogP contribution in [-0.2, 0) is 0 Å². The summed E-state index contributed by atoms with van der Waals surface area (Å²) in [6.07, 6.45) is 0. The molecule has 0 amide bonds. The molecule has 0 unspecified atom stereocenters. The van der Waals surface area contributed by atoms with Crippen LogP contribution in [0.15, 0.2) is 164 Å². The van der Waals surface area contributed by atoms with Crippen LogP contribution in [0.3, 0.4) is 0 Å². The highest BCUT2D eigenvalue weighted by molar-refractivity contribution is 6.12. The SMILES string of the molecule is c1ccc2c(-n3c4ccccc4c4cc(-c5ccc(-c6ccc7c(ccc8ccccc87)c6)cc5)ccc43)cccc2c1. The van der Waals surface area contributed by atoms with Crippen molar-refractivity contribution in [2.24, 2.45) is 0 Å². The second kappa shape index (κ2) is 9.44. The van der Waals surface area contributed by atoms with Crippen molar-refractivity contribution in [3.05, 3.63) is 164 Å². The van der Waals surface area contributed by atoms with Gasteiger partial charge in [-0.15, -0.1) is 0 Å². The summed E-state index contributed by atoms with van der Waals surface area (Å²) >= 11 is 0. The van der Waals surface area contributed by atoms with Crippen LogP contribution in [0.5, 0.6) is 0 Å². The Hall–Kier alpha value is -5.66. The number of hydrogen-bond acceptors (Lipinski definition) is 0. The van der Waals surface area contributed by atoms with Gasteiger partial charge in [0.2, 0.25) is 0 Å². The van der Waals surface area contributed by atoms with Gasteiger partial charge in [-0.1, -0.05) is 133 Å². The molecule has 0 atom stereocenters. The zero-order valence-electron chi connectivity index (χ0n) is 23.5. The summed E-state index contributed by atoms with van der Waals surface area (Å²) in [4.78, 5) is 0. The van der Waals surface area contributed by atoms with Crippen molar-refractivity contribution in [2.45, 2.75) is 0 Å². The molecule has 0 saturated carbocycles. The average molecular weight is 546 g/mol. The molecular formula is C42H27N. The van der Waals surface area contributed by atoms with E-state index in [1.165, 1.54) is 82.1 Å². The summed E-state index contributed by atoms with van der Waals surface area (Å²) in [5.74, 6) is 0. The van der Waals surface area contributed by atoms with Crippen LogP contribution in [0.4, 0.5) is 0 Å². The predicted molar refractivity (Wildman–Crippen MR) is 184 cm³/mol. The Bertz CT molecular complexity index is 2490. The predicted octanol–water partition coefficient (Wildman–Crippen LogP) is 11.6. The van der Waals surface area contributed by atoms with E-state index in [1.807, 2.05) is 0 Å². The highest BCUT2D eigenvalue weighted by Crippen LogP contribution is 2.37. The molecule has 43 heavy (non-hydrogen) atoms. The monoisotopic (exact) mass is 545 g/mol. The van der Waals surface area contributed by atoms with Gasteiger partial charge in [0.25, 0.3) is 0 Å². The highest BCUT2D eigenvalue weighted by Gasteiger charge is 2.15. The molecule has 0 fully saturated rings. The van der Waals surface area contributed by atoms with Gasteiger partial charge in [-0.25, -0.2) is 0 Å². The molecule has 8 aromatic carbocycles. The molecule has 200 valence electrons. The fourth-order valence-corrected chi connectivity index (χ4v) is 6.86. The first-order valence-corrected chi connectivity index (χ1v) is 14.9. The van der Waals surface area contributed by atoms with E-state index in [0.29, 0.717) is 0 Å². The first-order valence-electron chi connectivity index (χ1n) is 14.9. The molecule has 0 N–H and O–H groups in total. The first kappa shape index (κ1) is 24.0. The van der Waals surface area contributed by atoms with Gasteiger partial charge in [0, 0.05) is 16.2 Å². The Morgan fingerprint density at radius 1 is 0.279 bits per heavy atom. The molecule has 9 aromatic rings. The second-order valence-corrected chi connectivity index (χ2v) is 11.4. The number of aromatic nitrogens is 1. The Labute approximate surface area is 249 Å². The Morgan fingerprint density at radius 2 is 0.814 bits per heavy atom. The van der Waals surface area contributed by atoms with Gasteiger partial charge in [0.15, 0.2) is 0 Å². The van der Waals surface area contributed by atoms with Gasteiger partial charge in [-0.2, -0.15) is 0 Å². The van der Waals surface area contributed by atoms with E-state index >= 15 is 0 Å². The molecule has 0 aliphatic heterocycles. The molecule has 1 aromatic heterocycles. The van der Waals surface area contributed by atoms with Crippen molar-refractivity contribution < 1.29 is 0 Å². The second-order valence-electron chi connectivity index (χ2n) is 11.4. The van der Waals surface area contributed by atoms with Crippen molar-refractivity contribution in [3.63, 3.8) is 0 Å². The molecule has 0 spiro atoms. The van der Waals surface area contributed by atoms with Crippen LogP contribution in [-0.4, -0.2) is 4.57 Å². The normalized spacial score (nSPS) is 11.7. The van der Waals surface area contributed by atoms with Crippen LogP contribution in [0.1, 0.15) is 0 Å². The third kappa shape index (κ3) is 3.79. The zero-order chi connectivity index (χ0) is 28.3. The fourth-order valence-electron chi connectivity index (χ4n) is 6.86. The number of nitrogens with zero attached hydrogens (tertiary/aromatic N) is 1. The number of para-hydroxylation sites is 1. The lowest BCUT2D eigenvalue weighted by atomic mass is 9.96. The summed E-state index contributed by atoms with van der Waals surface area (Å²) in [6.45, 7) is 0. The van der Waals surface area contributed by atoms with Gasteiger partial charge >= 0.3 is 0 Å². The Balaban J connectivity index is 1.14. The molecule has 9 rings (SSSR count). The molecule has 0 aliphatic carbocycles. The minimum absolute atomic E-state index is 1.21. The van der Waals surface area contributed by atoms with E-state index in [2.05, 4.69) is 168 Å². The van der Waals surface area contributed by atoms with Gasteiger partial charge in [-0.05, 0) is 79.5 Å². The van der Waals surface area contributed by atoms with E-state index < -0.39 is 0 Å². The van der Waals surface area contributed by atoms with Crippen LogP contribution in [0.2, 0.25) is 0 Å². The van der Waals surface area contributed by atoms with Crippen LogP contribution in [0, 0.1) is 0 Å². The molecule has 1 heterocycles. The smallest absolute Gasteiger partial charge is 0.0541 e. The number of fused-ring (bicyclic) bond motifs is 7. The van der Waals surface area contributed by atoms with Crippen molar-refractivity contribution in [1.82, 2.24) is 4.57 Å². The van der Waals surface area contributed by atoms with Crippen molar-refractivity contribution in [2.75, 3.05) is 0 Å². The lowest BCUT2D eigenvalue weighted by molar-refractivity contribution is 1.20. The maximum atomic E-state index is 2.42. The summed E-state index contributed by atoms with van der Waals surface area (Å²) in [7, 11) is 0. The standard InChI is InChI=1S/C42H27N/c1-3-11-35-31(9-1)20-21-34-26-32(22-24-36(34)35)28-16-18-29(19-17-28)33-23-25-42-39(27-33)38-13-5-6-14-41(38)43(42)40-15-7-10-30-8-2-4-12-37(30)40/h1-27H. The molecule has 0 radical (unpaired) electrons. The average Bonchev–Trinajstić information content (AvgIpc) is 3.41. The van der Waals surface area contributed by atoms with Crippen molar-refractivity contribution in [1.29, 1.82) is 0 Å². The summed E-state index contributed by atoms with van der Waals surface area (Å²) < 4.78 is 2.42. The lowest BCUT2D eigenvalue weighted by Crippen LogP contribution is -1.95. The third-order valence-corrected chi connectivity index (χ3v) is 8.98. The van der Waals surface area contributed by atoms with E-state index in [9.17, 15) is 0 Å². The molecule has 0 aliphatic rings. The number of rotatable bonds is 3. The minimum atomic E-state index is 1.21. The van der Waals surface area contributed by atoms with E-state index in [-0.39, 0.29) is 0 Å². The quantitative estimate of drug-likeness (QED) is 0.195. The van der Waals surface area contributed by atoms with Crippen LogP contribution in [0.25, 0.3) is 82.1 Å². The van der Waals surface area contributed by atoms with Gasteiger partial charge in [-0.3, -0.25) is 0 Å². The van der Waals surface area contributed by atoms with Gasteiger partial charge < -0.3 is 4.57 Å². The zero-order valence-corrected chi connectivity index (χ0v) is 23.5. The molecular weight excluding hydrogens is 518 g/mol. The third-order valence-electron chi connectivity index (χ3n) is 8.98.